The van der Waals surface area contributed by atoms with E-state index < -0.39 is 0 Å². The largest absolute Gasteiger partial charge is 0.480 e. The minimum Gasteiger partial charge on any atom is -0.480 e. The maximum atomic E-state index is 5.36. The van der Waals surface area contributed by atoms with Crippen LogP contribution in [0.3, 0.4) is 0 Å². The molecule has 0 saturated carbocycles. The topological polar surface area (TPSA) is 52.3 Å². The van der Waals surface area contributed by atoms with Crippen molar-refractivity contribution in [1.29, 1.82) is 0 Å². The molecule has 98 valence electrons. The van der Waals surface area contributed by atoms with Crippen LogP contribution in [-0.4, -0.2) is 26.9 Å². The Morgan fingerprint density at radius 2 is 1.72 bits per heavy atom. The Morgan fingerprint density at radius 1 is 1.06 bits per heavy atom. The molecule has 0 amide bonds. The van der Waals surface area contributed by atoms with Gasteiger partial charge in [-0.2, -0.15) is 4.52 Å². The minimum atomic E-state index is 0.727. The van der Waals surface area contributed by atoms with Gasteiger partial charge in [0, 0.05) is 11.1 Å². The summed E-state index contributed by atoms with van der Waals surface area (Å²) in [5, 5.41) is 12.7. The second kappa shape index (κ2) is 5.33. The van der Waals surface area contributed by atoms with Gasteiger partial charge in [0.15, 0.2) is 11.5 Å². The Bertz CT molecular complexity index is 547. The lowest BCUT2D eigenvalue weighted by atomic mass is 9.93. The minimum absolute atomic E-state index is 0.727. The maximum Gasteiger partial charge on any atom is 0.235 e. The van der Waals surface area contributed by atoms with Gasteiger partial charge in [0.05, 0.1) is 7.11 Å². The smallest absolute Gasteiger partial charge is 0.235 e. The van der Waals surface area contributed by atoms with Gasteiger partial charge >= 0.3 is 0 Å². The number of hydrogen-bond donors (Lipinski definition) is 0. The summed E-state index contributed by atoms with van der Waals surface area (Å²) >= 11 is 0. The number of methoxy groups -OCH3 is 1. The number of hydrogen-bond acceptors (Lipinski definition) is 4. The van der Waals surface area contributed by atoms with Crippen molar-refractivity contribution >= 4 is 5.65 Å². The number of aryl methyl sites for hydroxylation is 2. The molecule has 0 saturated heterocycles. The summed E-state index contributed by atoms with van der Waals surface area (Å²) in [7, 11) is 1.67. The summed E-state index contributed by atoms with van der Waals surface area (Å²) in [4.78, 5) is 0. The van der Waals surface area contributed by atoms with Crippen molar-refractivity contribution in [2.24, 2.45) is 0 Å². The van der Waals surface area contributed by atoms with E-state index in [1.165, 1.54) is 24.0 Å². The monoisotopic (exact) mass is 248 g/mol. The zero-order valence-corrected chi connectivity index (χ0v) is 11.5. The van der Waals surface area contributed by atoms with Gasteiger partial charge in [0.25, 0.3) is 0 Å². The molecule has 5 heteroatoms. The first-order chi connectivity index (χ1) is 8.81. The molecular weight excluding hydrogens is 228 g/mol. The van der Waals surface area contributed by atoms with Gasteiger partial charge in [-0.05, 0) is 32.6 Å². The van der Waals surface area contributed by atoms with E-state index in [2.05, 4.69) is 15.3 Å². The number of fused-ring (bicyclic) bond motifs is 3. The first-order valence-corrected chi connectivity index (χ1v) is 6.59. The zero-order chi connectivity index (χ0) is 13.1. The van der Waals surface area contributed by atoms with Crippen LogP contribution in [0.1, 0.15) is 43.6 Å². The van der Waals surface area contributed by atoms with Crippen molar-refractivity contribution in [3.8, 4) is 5.88 Å². The standard InChI is InChI=1S/C11H14N4O.C2H6/c1-7-12-13-10-8-5-3-4-6-9(8)11(16-2)14-15(7)10;1-2/h3-6H2,1-2H3;1-2H3. The third-order valence-electron chi connectivity index (χ3n) is 3.18. The van der Waals surface area contributed by atoms with Crippen molar-refractivity contribution in [1.82, 2.24) is 19.8 Å². The Labute approximate surface area is 107 Å². The molecule has 2 aromatic rings. The number of nitrogens with zero attached hydrogens (tertiary/aromatic N) is 4. The van der Waals surface area contributed by atoms with Crippen LogP contribution in [0.25, 0.3) is 5.65 Å². The van der Waals surface area contributed by atoms with Crippen molar-refractivity contribution < 1.29 is 4.74 Å². The summed E-state index contributed by atoms with van der Waals surface area (Å²) < 4.78 is 7.14. The highest BCUT2D eigenvalue weighted by atomic mass is 16.5. The Morgan fingerprint density at radius 3 is 2.39 bits per heavy atom. The van der Waals surface area contributed by atoms with E-state index in [0.29, 0.717) is 0 Å². The highest BCUT2D eigenvalue weighted by Crippen LogP contribution is 2.30. The molecule has 3 rings (SSSR count). The van der Waals surface area contributed by atoms with Gasteiger partial charge in [-0.15, -0.1) is 15.3 Å². The fraction of sp³-hybridized carbons (Fsp3) is 0.615. The lowest BCUT2D eigenvalue weighted by Gasteiger charge is -2.17. The summed E-state index contributed by atoms with van der Waals surface area (Å²) in [5.74, 6) is 1.53. The fourth-order valence-electron chi connectivity index (χ4n) is 2.37. The van der Waals surface area contributed by atoms with E-state index in [0.717, 1.165) is 30.2 Å². The molecule has 0 radical (unpaired) electrons. The molecule has 2 heterocycles. The predicted molar refractivity (Wildman–Crippen MR) is 70.1 cm³/mol. The molecule has 5 nitrogen and oxygen atoms in total. The van der Waals surface area contributed by atoms with Gasteiger partial charge < -0.3 is 4.74 Å². The van der Waals surface area contributed by atoms with Crippen molar-refractivity contribution in [2.75, 3.05) is 7.11 Å². The van der Waals surface area contributed by atoms with E-state index >= 15 is 0 Å². The van der Waals surface area contributed by atoms with Crippen LogP contribution < -0.4 is 4.74 Å². The van der Waals surface area contributed by atoms with Crippen LogP contribution in [0.15, 0.2) is 0 Å². The van der Waals surface area contributed by atoms with E-state index in [9.17, 15) is 0 Å². The van der Waals surface area contributed by atoms with E-state index in [1.54, 1.807) is 11.6 Å². The van der Waals surface area contributed by atoms with Crippen molar-refractivity contribution in [2.45, 2.75) is 46.5 Å². The van der Waals surface area contributed by atoms with Crippen molar-refractivity contribution in [3.05, 3.63) is 17.0 Å². The van der Waals surface area contributed by atoms with E-state index in [1.807, 2.05) is 20.8 Å². The molecular formula is C13H20N4O. The molecule has 2 aromatic heterocycles. The average molecular weight is 248 g/mol. The third kappa shape index (κ3) is 1.94. The van der Waals surface area contributed by atoms with Gasteiger partial charge in [-0.3, -0.25) is 0 Å². The van der Waals surface area contributed by atoms with E-state index in [4.69, 9.17) is 4.74 Å². The summed E-state index contributed by atoms with van der Waals surface area (Å²) in [6.45, 7) is 5.90. The van der Waals surface area contributed by atoms with Crippen molar-refractivity contribution in [3.63, 3.8) is 0 Å². The molecule has 0 unspecified atom stereocenters. The van der Waals surface area contributed by atoms with E-state index in [-0.39, 0.29) is 0 Å². The highest BCUT2D eigenvalue weighted by Gasteiger charge is 2.21. The first kappa shape index (κ1) is 12.8. The molecule has 0 N–H and O–H groups in total. The normalized spacial score (nSPS) is 13.8. The fourth-order valence-corrected chi connectivity index (χ4v) is 2.37. The van der Waals surface area contributed by atoms with Crippen LogP contribution in [0.2, 0.25) is 0 Å². The van der Waals surface area contributed by atoms with Crippen LogP contribution in [0.4, 0.5) is 0 Å². The van der Waals surface area contributed by atoms with Gasteiger partial charge in [-0.25, -0.2) is 0 Å². The molecule has 0 bridgehead atoms. The molecule has 1 aliphatic carbocycles. The molecule has 1 aliphatic rings. The predicted octanol–water partition coefficient (Wildman–Crippen LogP) is 2.35. The summed E-state index contributed by atoms with van der Waals surface area (Å²) in [6, 6.07) is 0. The summed E-state index contributed by atoms with van der Waals surface area (Å²) in [5.41, 5.74) is 3.38. The van der Waals surface area contributed by atoms with Crippen LogP contribution in [0, 0.1) is 6.92 Å². The SMILES string of the molecule is CC.COc1nn2c(C)nnc2c2c1CCCC2. The number of aromatic nitrogens is 4. The number of rotatable bonds is 1. The maximum absolute atomic E-state index is 5.36. The second-order valence-corrected chi connectivity index (χ2v) is 4.16. The van der Waals surface area contributed by atoms with Crippen LogP contribution in [-0.2, 0) is 12.8 Å². The Hall–Kier alpha value is -1.65. The molecule has 18 heavy (non-hydrogen) atoms. The molecule has 0 fully saturated rings. The Balaban J connectivity index is 0.000000574. The second-order valence-electron chi connectivity index (χ2n) is 4.16. The summed E-state index contributed by atoms with van der Waals surface area (Å²) in [6.07, 6.45) is 4.50. The number of ether oxygens (including phenoxy) is 1. The third-order valence-corrected chi connectivity index (χ3v) is 3.18. The van der Waals surface area contributed by atoms with Gasteiger partial charge in [0.2, 0.25) is 5.88 Å². The molecule has 0 spiro atoms. The first-order valence-electron chi connectivity index (χ1n) is 6.59. The van der Waals surface area contributed by atoms with Crippen LogP contribution in [0.5, 0.6) is 5.88 Å². The zero-order valence-electron chi connectivity index (χ0n) is 11.5. The lowest BCUT2D eigenvalue weighted by molar-refractivity contribution is 0.380. The molecule has 0 atom stereocenters. The lowest BCUT2D eigenvalue weighted by Crippen LogP contribution is -2.11. The van der Waals surface area contributed by atoms with Gasteiger partial charge in [0.1, 0.15) is 0 Å². The highest BCUT2D eigenvalue weighted by molar-refractivity contribution is 5.54. The molecule has 0 aromatic carbocycles. The van der Waals surface area contributed by atoms with Gasteiger partial charge in [-0.1, -0.05) is 13.8 Å². The average Bonchev–Trinajstić information content (AvgIpc) is 2.82. The molecule has 0 aliphatic heterocycles. The van der Waals surface area contributed by atoms with Crippen LogP contribution >= 0.6 is 0 Å². The quantitative estimate of drug-likeness (QED) is 0.777. The Kier molecular flexibility index (Phi) is 3.79.